The van der Waals surface area contributed by atoms with Crippen molar-refractivity contribution in [2.75, 3.05) is 13.2 Å². The van der Waals surface area contributed by atoms with E-state index in [0.29, 0.717) is 23.4 Å². The lowest BCUT2D eigenvalue weighted by molar-refractivity contribution is 0.0956. The number of rotatable bonds is 5. The van der Waals surface area contributed by atoms with Gasteiger partial charge in [-0.3, -0.25) is 9.59 Å². The smallest absolute Gasteiger partial charge is 0.274 e. The molecule has 0 saturated carbocycles. The van der Waals surface area contributed by atoms with Gasteiger partial charge in [-0.15, -0.1) is 11.3 Å². The molecule has 26 heavy (non-hydrogen) atoms. The molecule has 4 rings (SSSR count). The minimum absolute atomic E-state index is 0.127. The monoisotopic (exact) mass is 369 g/mol. The fourth-order valence-corrected chi connectivity index (χ4v) is 4.11. The second kappa shape index (κ2) is 7.39. The van der Waals surface area contributed by atoms with Crippen molar-refractivity contribution in [2.45, 2.75) is 25.5 Å². The summed E-state index contributed by atoms with van der Waals surface area (Å²) >= 11 is 1.47. The number of fused-ring (bicyclic) bond motifs is 1. The number of nitrogens with zero attached hydrogens (tertiary/aromatic N) is 2. The van der Waals surface area contributed by atoms with Crippen LogP contribution in [-0.2, 0) is 11.3 Å². The van der Waals surface area contributed by atoms with E-state index in [1.807, 2.05) is 30.3 Å². The summed E-state index contributed by atoms with van der Waals surface area (Å²) in [7, 11) is 0. The van der Waals surface area contributed by atoms with Crippen molar-refractivity contribution in [1.82, 2.24) is 15.1 Å². The average molecular weight is 369 g/mol. The van der Waals surface area contributed by atoms with Gasteiger partial charge >= 0.3 is 0 Å². The van der Waals surface area contributed by atoms with Crippen LogP contribution in [0.15, 0.2) is 47.4 Å². The van der Waals surface area contributed by atoms with Crippen molar-refractivity contribution < 1.29 is 9.53 Å². The molecule has 1 N–H and O–H groups in total. The van der Waals surface area contributed by atoms with E-state index in [0.717, 1.165) is 29.7 Å². The molecule has 7 heteroatoms. The summed E-state index contributed by atoms with van der Waals surface area (Å²) < 4.78 is 7.04. The minimum Gasteiger partial charge on any atom is -0.373 e. The van der Waals surface area contributed by atoms with E-state index < -0.39 is 0 Å². The number of carbonyl (C=O) groups is 1. The molecule has 0 radical (unpaired) electrons. The summed E-state index contributed by atoms with van der Waals surface area (Å²) in [5, 5.41) is 8.48. The fourth-order valence-electron chi connectivity index (χ4n) is 3.10. The van der Waals surface area contributed by atoms with Crippen molar-refractivity contribution in [1.29, 1.82) is 0 Å². The van der Waals surface area contributed by atoms with Gasteiger partial charge in [-0.05, 0) is 31.0 Å². The third kappa shape index (κ3) is 3.40. The van der Waals surface area contributed by atoms with Gasteiger partial charge in [0.25, 0.3) is 11.5 Å². The number of nitrogens with one attached hydrogen (secondary N) is 1. The normalized spacial score (nSPS) is 16.8. The van der Waals surface area contributed by atoms with Crippen LogP contribution in [0.5, 0.6) is 0 Å². The van der Waals surface area contributed by atoms with Gasteiger partial charge in [-0.2, -0.15) is 5.10 Å². The molecule has 0 aliphatic carbocycles. The van der Waals surface area contributed by atoms with Gasteiger partial charge in [-0.1, -0.05) is 18.2 Å². The standard InChI is InChI=1S/C19H19N3O3S/c23-18(17-8-7-16(26-17)15-6-3-11-25-15)20-9-10-22-19(24)14-5-2-1-4-13(14)12-21-22/h1-2,4-5,7-8,12,15H,3,6,9-11H2,(H,20,23)/t15-/m1/s1. The molecule has 0 bridgehead atoms. The van der Waals surface area contributed by atoms with Gasteiger partial charge in [0.05, 0.1) is 29.1 Å². The Hall–Kier alpha value is -2.51. The second-order valence-corrected chi connectivity index (χ2v) is 7.34. The highest BCUT2D eigenvalue weighted by Gasteiger charge is 2.20. The summed E-state index contributed by atoms with van der Waals surface area (Å²) in [5.41, 5.74) is -0.144. The van der Waals surface area contributed by atoms with Crippen LogP contribution >= 0.6 is 11.3 Å². The highest BCUT2D eigenvalue weighted by molar-refractivity contribution is 7.14. The van der Waals surface area contributed by atoms with Crippen LogP contribution in [0.1, 0.15) is 33.5 Å². The molecular weight excluding hydrogens is 350 g/mol. The maximum absolute atomic E-state index is 12.4. The molecule has 1 amide bonds. The van der Waals surface area contributed by atoms with Crippen molar-refractivity contribution in [3.05, 3.63) is 62.7 Å². The van der Waals surface area contributed by atoms with E-state index in [9.17, 15) is 9.59 Å². The second-order valence-electron chi connectivity index (χ2n) is 6.22. The van der Waals surface area contributed by atoms with Crippen LogP contribution in [-0.4, -0.2) is 28.8 Å². The summed E-state index contributed by atoms with van der Waals surface area (Å²) in [6.07, 6.45) is 3.88. The van der Waals surface area contributed by atoms with Gasteiger partial charge < -0.3 is 10.1 Å². The molecule has 1 atom stereocenters. The molecule has 1 aromatic carbocycles. The molecule has 1 fully saturated rings. The molecule has 0 spiro atoms. The van der Waals surface area contributed by atoms with Crippen LogP contribution in [0, 0.1) is 0 Å². The minimum atomic E-state index is -0.144. The van der Waals surface area contributed by atoms with Crippen molar-refractivity contribution in [3.63, 3.8) is 0 Å². The van der Waals surface area contributed by atoms with E-state index in [1.54, 1.807) is 12.3 Å². The zero-order valence-corrected chi connectivity index (χ0v) is 15.0. The molecule has 1 aliphatic rings. The molecule has 0 unspecified atom stereocenters. The maximum Gasteiger partial charge on any atom is 0.274 e. The third-order valence-electron chi connectivity index (χ3n) is 4.47. The van der Waals surface area contributed by atoms with E-state index >= 15 is 0 Å². The Morgan fingerprint density at radius 3 is 3.04 bits per heavy atom. The fraction of sp³-hybridized carbons (Fsp3) is 0.316. The first kappa shape index (κ1) is 16.9. The van der Waals surface area contributed by atoms with Gasteiger partial charge in [0.1, 0.15) is 0 Å². The van der Waals surface area contributed by atoms with Gasteiger partial charge in [-0.25, -0.2) is 4.68 Å². The van der Waals surface area contributed by atoms with E-state index in [2.05, 4.69) is 10.4 Å². The quantitative estimate of drug-likeness (QED) is 0.751. The highest BCUT2D eigenvalue weighted by atomic mass is 32.1. The topological polar surface area (TPSA) is 73.2 Å². The molecule has 134 valence electrons. The Bertz CT molecular complexity index is 989. The zero-order chi connectivity index (χ0) is 17.9. The maximum atomic E-state index is 12.4. The SMILES string of the molecule is O=C(NCCn1ncc2ccccc2c1=O)c1ccc([C@H]2CCCO2)s1. The van der Waals surface area contributed by atoms with E-state index in [4.69, 9.17) is 4.74 Å². The highest BCUT2D eigenvalue weighted by Crippen LogP contribution is 2.33. The van der Waals surface area contributed by atoms with Crippen molar-refractivity contribution in [3.8, 4) is 0 Å². The number of benzene rings is 1. The van der Waals surface area contributed by atoms with Gasteiger partial charge in [0.15, 0.2) is 0 Å². The number of aromatic nitrogens is 2. The Kier molecular flexibility index (Phi) is 4.81. The molecule has 3 heterocycles. The van der Waals surface area contributed by atoms with Crippen LogP contribution in [0.25, 0.3) is 10.8 Å². The van der Waals surface area contributed by atoms with Gasteiger partial charge in [0.2, 0.25) is 0 Å². The molecule has 2 aromatic heterocycles. The summed E-state index contributed by atoms with van der Waals surface area (Å²) in [6.45, 7) is 1.47. The Labute approximate surface area is 154 Å². The Morgan fingerprint density at radius 2 is 2.19 bits per heavy atom. The molecule has 1 aliphatic heterocycles. The predicted molar refractivity (Wildman–Crippen MR) is 101 cm³/mol. The summed E-state index contributed by atoms with van der Waals surface area (Å²) in [4.78, 5) is 26.5. The first-order valence-electron chi connectivity index (χ1n) is 8.67. The van der Waals surface area contributed by atoms with Crippen LogP contribution in [0.2, 0.25) is 0 Å². The lowest BCUT2D eigenvalue weighted by Crippen LogP contribution is -2.31. The molecule has 1 saturated heterocycles. The lowest BCUT2D eigenvalue weighted by atomic mass is 10.2. The average Bonchev–Trinajstić information content (AvgIpc) is 3.35. The van der Waals surface area contributed by atoms with Crippen LogP contribution in [0.3, 0.4) is 0 Å². The predicted octanol–water partition coefficient (Wildman–Crippen LogP) is 2.74. The first-order valence-corrected chi connectivity index (χ1v) is 9.48. The Balaban J connectivity index is 1.38. The summed E-state index contributed by atoms with van der Waals surface area (Å²) in [5.74, 6) is -0.131. The number of amides is 1. The Morgan fingerprint density at radius 1 is 1.31 bits per heavy atom. The number of ether oxygens (including phenoxy) is 1. The number of hydrogen-bond acceptors (Lipinski definition) is 5. The molecule has 6 nitrogen and oxygen atoms in total. The van der Waals surface area contributed by atoms with Crippen LogP contribution in [0.4, 0.5) is 0 Å². The first-order chi connectivity index (χ1) is 12.7. The lowest BCUT2D eigenvalue weighted by Gasteiger charge is -2.07. The number of carbonyl (C=O) groups excluding carboxylic acids is 1. The van der Waals surface area contributed by atoms with E-state index in [-0.39, 0.29) is 17.6 Å². The van der Waals surface area contributed by atoms with Crippen LogP contribution < -0.4 is 10.9 Å². The van der Waals surface area contributed by atoms with Crippen molar-refractivity contribution >= 4 is 28.0 Å². The zero-order valence-electron chi connectivity index (χ0n) is 14.2. The third-order valence-corrected chi connectivity index (χ3v) is 5.64. The van der Waals surface area contributed by atoms with E-state index in [1.165, 1.54) is 16.0 Å². The number of hydrogen-bond donors (Lipinski definition) is 1. The van der Waals surface area contributed by atoms with Crippen molar-refractivity contribution in [2.24, 2.45) is 0 Å². The molecular formula is C19H19N3O3S. The molecule has 3 aromatic rings. The largest absolute Gasteiger partial charge is 0.373 e. The number of thiophene rings is 1. The summed E-state index contributed by atoms with van der Waals surface area (Å²) in [6, 6.07) is 11.1. The van der Waals surface area contributed by atoms with Gasteiger partial charge in [0, 0.05) is 23.4 Å².